The molecule has 7 nitrogen and oxygen atoms in total. The summed E-state index contributed by atoms with van der Waals surface area (Å²) in [5.74, 6) is -4.35. The van der Waals surface area contributed by atoms with Gasteiger partial charge in [-0.3, -0.25) is 24.1 Å². The number of carbonyl (C=O) groups excluding carboxylic acids is 4. The molecule has 3 aromatic carbocycles. The smallest absolute Gasteiger partial charge is 0.241 e. The summed E-state index contributed by atoms with van der Waals surface area (Å²) in [5.41, 5.74) is 1.99. The number of amides is 4. The molecule has 0 bridgehead atoms. The van der Waals surface area contributed by atoms with Gasteiger partial charge in [0.05, 0.1) is 34.5 Å². The number of phenols is 1. The first-order valence-corrected chi connectivity index (χ1v) is 15.2. The van der Waals surface area contributed by atoms with Gasteiger partial charge in [-0.15, -0.1) is 0 Å². The highest BCUT2D eigenvalue weighted by atomic mass is 79.9. The molecule has 43 heavy (non-hydrogen) atoms. The van der Waals surface area contributed by atoms with E-state index in [0.29, 0.717) is 23.4 Å². The second-order valence-corrected chi connectivity index (χ2v) is 12.9. The summed E-state index contributed by atoms with van der Waals surface area (Å²) in [4.78, 5) is 59.1. The summed E-state index contributed by atoms with van der Waals surface area (Å²) in [5, 5.41) is 11.2. The minimum absolute atomic E-state index is 0.00742. The van der Waals surface area contributed by atoms with Crippen LogP contribution in [0.25, 0.3) is 6.08 Å². The van der Waals surface area contributed by atoms with Gasteiger partial charge < -0.3 is 5.11 Å². The van der Waals surface area contributed by atoms with Crippen LogP contribution in [0.2, 0.25) is 0 Å². The summed E-state index contributed by atoms with van der Waals surface area (Å²) >= 11 is 3.52. The SMILES string of the molecule is C=Cc1ccc(N2C(=O)[C@H]3[C@H](CC=C4[C@H]3C[C@H]3C(=O)N(c5ccccc5)C(=O)[C@@]3(C)[C@H]4c3cc(Br)ccc3O)C2=O)cc1. The van der Waals surface area contributed by atoms with Gasteiger partial charge in [-0.05, 0) is 73.7 Å². The van der Waals surface area contributed by atoms with Crippen LogP contribution < -0.4 is 9.80 Å². The molecule has 216 valence electrons. The Kier molecular flexibility index (Phi) is 6.32. The van der Waals surface area contributed by atoms with Gasteiger partial charge in [0.25, 0.3) is 0 Å². The Balaban J connectivity index is 1.37. The number of carbonyl (C=O) groups is 4. The standard InChI is InChI=1S/C35H29BrN2O5/c1-3-19-9-12-22(13-10-19)37-31(40)24-15-14-23-25(29(24)33(37)42)18-27-32(41)38(21-7-5-4-6-8-21)34(43)35(27,2)30(23)26-17-20(36)11-16-28(26)39/h3-14,16-17,24-25,27,29-30,39H,1,15,18H2,2H3/t24-,25+,27-,29-,30+,35+/m0/s1. The normalized spacial score (nSPS) is 29.7. The van der Waals surface area contributed by atoms with E-state index in [1.165, 1.54) is 9.80 Å². The molecule has 2 aliphatic carbocycles. The number of hydrogen-bond acceptors (Lipinski definition) is 5. The number of nitrogens with zero attached hydrogens (tertiary/aromatic N) is 2. The van der Waals surface area contributed by atoms with Crippen molar-refractivity contribution < 1.29 is 24.3 Å². The highest BCUT2D eigenvalue weighted by Crippen LogP contribution is 2.64. The molecule has 3 aromatic rings. The van der Waals surface area contributed by atoms with Gasteiger partial charge >= 0.3 is 0 Å². The molecule has 7 rings (SSSR count). The van der Waals surface area contributed by atoms with Crippen LogP contribution in [0, 0.1) is 29.1 Å². The van der Waals surface area contributed by atoms with Crippen molar-refractivity contribution in [3.63, 3.8) is 0 Å². The largest absolute Gasteiger partial charge is 0.508 e. The van der Waals surface area contributed by atoms with Crippen LogP contribution in [0.1, 0.15) is 36.8 Å². The Morgan fingerprint density at radius 2 is 1.58 bits per heavy atom. The molecule has 1 saturated carbocycles. The second-order valence-electron chi connectivity index (χ2n) is 12.0. The number of fused-ring (bicyclic) bond motifs is 4. The lowest BCUT2D eigenvalue weighted by Crippen LogP contribution is -2.48. The van der Waals surface area contributed by atoms with Crippen molar-refractivity contribution in [1.29, 1.82) is 0 Å². The fourth-order valence-electron chi connectivity index (χ4n) is 7.95. The molecule has 0 spiro atoms. The van der Waals surface area contributed by atoms with Gasteiger partial charge in [-0.1, -0.05) is 70.6 Å². The topological polar surface area (TPSA) is 95.0 Å². The van der Waals surface area contributed by atoms with Gasteiger partial charge in [-0.25, -0.2) is 4.90 Å². The number of benzene rings is 3. The molecule has 3 fully saturated rings. The fourth-order valence-corrected chi connectivity index (χ4v) is 8.33. The number of para-hydroxylation sites is 1. The van der Waals surface area contributed by atoms with E-state index in [0.717, 1.165) is 15.6 Å². The van der Waals surface area contributed by atoms with E-state index in [1.807, 2.05) is 31.2 Å². The van der Waals surface area contributed by atoms with Crippen molar-refractivity contribution in [3.8, 4) is 5.75 Å². The van der Waals surface area contributed by atoms with E-state index in [1.54, 1.807) is 60.7 Å². The lowest BCUT2D eigenvalue weighted by molar-refractivity contribution is -0.131. The molecule has 6 atom stereocenters. The lowest BCUT2D eigenvalue weighted by Gasteiger charge is -2.49. The monoisotopic (exact) mass is 636 g/mol. The molecule has 0 radical (unpaired) electrons. The maximum absolute atomic E-state index is 14.4. The van der Waals surface area contributed by atoms with E-state index in [4.69, 9.17) is 0 Å². The summed E-state index contributed by atoms with van der Waals surface area (Å²) < 4.78 is 0.717. The second kappa shape index (κ2) is 9.88. The van der Waals surface area contributed by atoms with Crippen molar-refractivity contribution in [2.75, 3.05) is 9.80 Å². The molecule has 2 saturated heterocycles. The average Bonchev–Trinajstić information content (AvgIpc) is 3.38. The van der Waals surface area contributed by atoms with E-state index in [2.05, 4.69) is 22.5 Å². The van der Waals surface area contributed by atoms with Crippen molar-refractivity contribution in [2.24, 2.45) is 29.1 Å². The van der Waals surface area contributed by atoms with Gasteiger partial charge in [0, 0.05) is 16.0 Å². The molecule has 0 aromatic heterocycles. The summed E-state index contributed by atoms with van der Waals surface area (Å²) in [6.07, 6.45) is 4.27. The summed E-state index contributed by atoms with van der Waals surface area (Å²) in [7, 11) is 0. The molecule has 0 unspecified atom stereocenters. The number of halogens is 1. The maximum Gasteiger partial charge on any atom is 0.241 e. The number of aromatic hydroxyl groups is 1. The molecule has 4 aliphatic rings. The lowest BCUT2D eigenvalue weighted by atomic mass is 9.51. The predicted molar refractivity (Wildman–Crippen MR) is 166 cm³/mol. The number of hydrogen-bond donors (Lipinski definition) is 1. The quantitative estimate of drug-likeness (QED) is 0.270. The summed E-state index contributed by atoms with van der Waals surface area (Å²) in [6.45, 7) is 5.58. The van der Waals surface area contributed by atoms with Gasteiger partial charge in [0.2, 0.25) is 23.6 Å². The summed E-state index contributed by atoms with van der Waals surface area (Å²) in [6, 6.07) is 21.1. The molecule has 4 amide bonds. The first-order valence-electron chi connectivity index (χ1n) is 14.4. The first kappa shape index (κ1) is 27.5. The zero-order valence-corrected chi connectivity index (χ0v) is 25.0. The van der Waals surface area contributed by atoms with E-state index in [-0.39, 0.29) is 35.8 Å². The first-order chi connectivity index (χ1) is 20.7. The Labute approximate surface area is 257 Å². The van der Waals surface area contributed by atoms with Gasteiger partial charge in [0.1, 0.15) is 5.75 Å². The number of imide groups is 2. The van der Waals surface area contributed by atoms with Crippen molar-refractivity contribution in [1.82, 2.24) is 0 Å². The Bertz CT molecular complexity index is 1750. The maximum atomic E-state index is 14.4. The van der Waals surface area contributed by atoms with Crippen LogP contribution >= 0.6 is 15.9 Å². The van der Waals surface area contributed by atoms with E-state index >= 15 is 0 Å². The number of phenolic OH excluding ortho intramolecular Hbond substituents is 1. The van der Waals surface area contributed by atoms with Crippen LogP contribution in [0.15, 0.2) is 95.5 Å². The third-order valence-corrected chi connectivity index (χ3v) is 10.5. The third-order valence-electron chi connectivity index (χ3n) is 9.98. The molecule has 2 heterocycles. The fraction of sp³-hybridized carbons (Fsp3) is 0.257. The number of rotatable bonds is 4. The van der Waals surface area contributed by atoms with Crippen LogP contribution in [-0.2, 0) is 19.2 Å². The van der Waals surface area contributed by atoms with Crippen LogP contribution in [0.4, 0.5) is 11.4 Å². The minimum Gasteiger partial charge on any atom is -0.508 e. The minimum atomic E-state index is -1.22. The van der Waals surface area contributed by atoms with Gasteiger partial charge in [0.15, 0.2) is 0 Å². The third kappa shape index (κ3) is 3.85. The molecular weight excluding hydrogens is 608 g/mol. The molecule has 1 N–H and O–H groups in total. The van der Waals surface area contributed by atoms with Gasteiger partial charge in [-0.2, -0.15) is 0 Å². The molecule has 2 aliphatic heterocycles. The predicted octanol–water partition coefficient (Wildman–Crippen LogP) is 6.23. The zero-order chi connectivity index (χ0) is 30.2. The zero-order valence-electron chi connectivity index (χ0n) is 23.4. The van der Waals surface area contributed by atoms with Crippen LogP contribution in [0.3, 0.4) is 0 Å². The Morgan fingerprint density at radius 3 is 2.28 bits per heavy atom. The van der Waals surface area contributed by atoms with E-state index in [9.17, 15) is 24.3 Å². The molecular formula is C35H29BrN2O5. The number of allylic oxidation sites excluding steroid dienone is 2. The van der Waals surface area contributed by atoms with E-state index < -0.39 is 35.0 Å². The molecule has 8 heteroatoms. The number of anilines is 2. The van der Waals surface area contributed by atoms with Crippen molar-refractivity contribution in [3.05, 3.63) is 107 Å². The average molecular weight is 638 g/mol. The van der Waals surface area contributed by atoms with Crippen LogP contribution in [-0.4, -0.2) is 28.7 Å². The van der Waals surface area contributed by atoms with Crippen molar-refractivity contribution in [2.45, 2.75) is 25.7 Å². The highest BCUT2D eigenvalue weighted by molar-refractivity contribution is 9.10. The van der Waals surface area contributed by atoms with Crippen LogP contribution in [0.5, 0.6) is 5.75 Å². The Hall–Kier alpha value is -4.30. The highest BCUT2D eigenvalue weighted by Gasteiger charge is 2.68. The Morgan fingerprint density at radius 1 is 0.884 bits per heavy atom. The van der Waals surface area contributed by atoms with Crippen molar-refractivity contribution >= 4 is 57.0 Å².